The van der Waals surface area contributed by atoms with Gasteiger partial charge in [0.25, 0.3) is 0 Å². The Hall–Kier alpha value is -0.380. The van der Waals surface area contributed by atoms with Gasteiger partial charge in [-0.15, -0.1) is 0 Å². The van der Waals surface area contributed by atoms with Crippen LogP contribution in [0.25, 0.3) is 0 Å². The van der Waals surface area contributed by atoms with E-state index in [0.717, 1.165) is 32.6 Å². The average Bonchev–Trinajstić information content (AvgIpc) is 2.50. The van der Waals surface area contributed by atoms with E-state index >= 15 is 0 Å². The second kappa shape index (κ2) is 2.93. The zero-order valence-corrected chi connectivity index (χ0v) is 6.69. The Morgan fingerprint density at radius 1 is 1.55 bits per heavy atom. The summed E-state index contributed by atoms with van der Waals surface area (Å²) in [5, 5.41) is 6.82. The topological polar surface area (TPSA) is 50.1 Å². The highest BCUT2D eigenvalue weighted by molar-refractivity contribution is 5.28. The number of nitrogens with one attached hydrogen (secondary N) is 2. The Morgan fingerprint density at radius 2 is 2.45 bits per heavy atom. The molecule has 3 nitrogen and oxygen atoms in total. The minimum absolute atomic E-state index is 0.585. The smallest absolute Gasteiger partial charge is 0.0421 e. The summed E-state index contributed by atoms with van der Waals surface area (Å²) in [6.45, 7) is 3.97. The molecule has 1 atom stereocenters. The second-order valence-corrected chi connectivity index (χ2v) is 3.22. The summed E-state index contributed by atoms with van der Waals surface area (Å²) in [6.07, 6.45) is 1.14. The van der Waals surface area contributed by atoms with E-state index in [1.54, 1.807) is 0 Å². The summed E-state index contributed by atoms with van der Waals surface area (Å²) in [7, 11) is 0. The van der Waals surface area contributed by atoms with Gasteiger partial charge < -0.3 is 16.4 Å². The van der Waals surface area contributed by atoms with Gasteiger partial charge >= 0.3 is 0 Å². The molecule has 0 aromatic rings. The van der Waals surface area contributed by atoms with E-state index in [0.29, 0.717) is 6.04 Å². The number of hydrogen-bond acceptors (Lipinski definition) is 3. The van der Waals surface area contributed by atoms with E-state index in [4.69, 9.17) is 5.73 Å². The fourth-order valence-electron chi connectivity index (χ4n) is 1.96. The van der Waals surface area contributed by atoms with Gasteiger partial charge in [0.1, 0.15) is 0 Å². The van der Waals surface area contributed by atoms with E-state index in [9.17, 15) is 0 Å². The highest BCUT2D eigenvalue weighted by Crippen LogP contribution is 2.18. The lowest BCUT2D eigenvalue weighted by atomic mass is 9.97. The van der Waals surface area contributed by atoms with Crippen molar-refractivity contribution in [2.24, 2.45) is 5.73 Å². The summed E-state index contributed by atoms with van der Waals surface area (Å²) < 4.78 is 0. The van der Waals surface area contributed by atoms with Gasteiger partial charge in [-0.3, -0.25) is 0 Å². The van der Waals surface area contributed by atoms with Crippen molar-refractivity contribution in [2.75, 3.05) is 26.2 Å². The molecule has 0 aromatic carbocycles. The lowest BCUT2D eigenvalue weighted by molar-refractivity contribution is 0.562. The zero-order valence-electron chi connectivity index (χ0n) is 6.69. The van der Waals surface area contributed by atoms with E-state index in [-0.39, 0.29) is 0 Å². The van der Waals surface area contributed by atoms with Gasteiger partial charge in [0.15, 0.2) is 0 Å². The van der Waals surface area contributed by atoms with Crippen LogP contribution in [0.15, 0.2) is 11.1 Å². The van der Waals surface area contributed by atoms with Gasteiger partial charge in [-0.05, 0) is 18.5 Å². The molecule has 62 valence electrons. The first-order valence-electron chi connectivity index (χ1n) is 4.27. The number of nitrogens with two attached hydrogens (primary N) is 1. The molecule has 0 amide bonds. The van der Waals surface area contributed by atoms with E-state index in [2.05, 4.69) is 10.6 Å². The van der Waals surface area contributed by atoms with Crippen LogP contribution in [0.3, 0.4) is 0 Å². The Balaban J connectivity index is 2.23. The maximum Gasteiger partial charge on any atom is 0.0421 e. The second-order valence-electron chi connectivity index (χ2n) is 3.22. The fraction of sp³-hybridized carbons (Fsp3) is 0.750. The van der Waals surface area contributed by atoms with Crippen LogP contribution in [0.1, 0.15) is 6.42 Å². The largest absolute Gasteiger partial charge is 0.327 e. The predicted molar refractivity (Wildman–Crippen MR) is 45.4 cm³/mol. The lowest BCUT2D eigenvalue weighted by Crippen LogP contribution is -2.37. The number of hydrogen-bond donors (Lipinski definition) is 3. The van der Waals surface area contributed by atoms with Gasteiger partial charge in [0, 0.05) is 25.7 Å². The molecule has 1 fully saturated rings. The minimum Gasteiger partial charge on any atom is -0.327 e. The minimum atomic E-state index is 0.585. The highest BCUT2D eigenvalue weighted by Gasteiger charge is 2.25. The molecule has 1 saturated heterocycles. The first-order chi connectivity index (χ1) is 5.42. The number of fused-ring (bicyclic) bond motifs is 1. The van der Waals surface area contributed by atoms with Crippen LogP contribution in [0, 0.1) is 0 Å². The standard InChI is InChI=1S/C8H15N3/c9-3-6-1-2-11-8-5-10-4-7(6)8/h8,10-11H,1-5,9H2. The van der Waals surface area contributed by atoms with Gasteiger partial charge in [-0.25, -0.2) is 0 Å². The van der Waals surface area contributed by atoms with Gasteiger partial charge in [0.05, 0.1) is 0 Å². The molecule has 2 heterocycles. The molecule has 2 rings (SSSR count). The molecule has 1 unspecified atom stereocenters. The molecule has 2 aliphatic heterocycles. The molecule has 0 radical (unpaired) electrons. The average molecular weight is 153 g/mol. The van der Waals surface area contributed by atoms with Gasteiger partial charge in [-0.2, -0.15) is 0 Å². The first-order valence-corrected chi connectivity index (χ1v) is 4.27. The molecule has 3 heteroatoms. The molecule has 0 bridgehead atoms. The quantitative estimate of drug-likeness (QED) is 0.433. The molecule has 0 saturated carbocycles. The lowest BCUT2D eigenvalue weighted by Gasteiger charge is -2.23. The van der Waals surface area contributed by atoms with E-state index < -0.39 is 0 Å². The third-order valence-corrected chi connectivity index (χ3v) is 2.60. The van der Waals surface area contributed by atoms with Crippen LogP contribution in [0.2, 0.25) is 0 Å². The predicted octanol–water partition coefficient (Wildman–Crippen LogP) is -0.793. The first kappa shape index (κ1) is 7.28. The fourth-order valence-corrected chi connectivity index (χ4v) is 1.96. The van der Waals surface area contributed by atoms with Crippen LogP contribution in [-0.2, 0) is 0 Å². The summed E-state index contributed by atoms with van der Waals surface area (Å²) in [6, 6.07) is 0.585. The Bertz CT molecular complexity index is 186. The maximum atomic E-state index is 5.65. The van der Waals surface area contributed by atoms with Crippen molar-refractivity contribution in [1.29, 1.82) is 0 Å². The van der Waals surface area contributed by atoms with Crippen molar-refractivity contribution < 1.29 is 0 Å². The normalized spacial score (nSPS) is 30.8. The molecule has 4 N–H and O–H groups in total. The monoisotopic (exact) mass is 153 g/mol. The Kier molecular flexibility index (Phi) is 1.94. The van der Waals surface area contributed by atoms with E-state index in [1.165, 1.54) is 11.1 Å². The van der Waals surface area contributed by atoms with Crippen LogP contribution in [-0.4, -0.2) is 32.2 Å². The van der Waals surface area contributed by atoms with Crippen LogP contribution < -0.4 is 16.4 Å². The van der Waals surface area contributed by atoms with Crippen LogP contribution >= 0.6 is 0 Å². The SMILES string of the molecule is NCC1=C2CNCC2NCC1. The van der Waals surface area contributed by atoms with Crippen molar-refractivity contribution >= 4 is 0 Å². The molecule has 11 heavy (non-hydrogen) atoms. The van der Waals surface area contributed by atoms with Crippen LogP contribution in [0.5, 0.6) is 0 Å². The molecular formula is C8H15N3. The summed E-state index contributed by atoms with van der Waals surface area (Å²) in [5.74, 6) is 0. The molecule has 0 aliphatic carbocycles. The number of rotatable bonds is 1. The summed E-state index contributed by atoms with van der Waals surface area (Å²) in [5.41, 5.74) is 8.64. The van der Waals surface area contributed by atoms with Crippen molar-refractivity contribution in [1.82, 2.24) is 10.6 Å². The van der Waals surface area contributed by atoms with Gasteiger partial charge in [-0.1, -0.05) is 5.57 Å². The Morgan fingerprint density at radius 3 is 3.27 bits per heavy atom. The third-order valence-electron chi connectivity index (χ3n) is 2.60. The molecule has 2 aliphatic rings. The third kappa shape index (κ3) is 1.20. The Labute approximate surface area is 67.0 Å². The highest BCUT2D eigenvalue weighted by atomic mass is 15.0. The van der Waals surface area contributed by atoms with Gasteiger partial charge in [0.2, 0.25) is 0 Å². The van der Waals surface area contributed by atoms with Crippen molar-refractivity contribution in [3.63, 3.8) is 0 Å². The van der Waals surface area contributed by atoms with E-state index in [1.807, 2.05) is 0 Å². The summed E-state index contributed by atoms with van der Waals surface area (Å²) in [4.78, 5) is 0. The van der Waals surface area contributed by atoms with Crippen molar-refractivity contribution in [3.05, 3.63) is 11.1 Å². The summed E-state index contributed by atoms with van der Waals surface area (Å²) >= 11 is 0. The van der Waals surface area contributed by atoms with Crippen molar-refractivity contribution in [3.8, 4) is 0 Å². The van der Waals surface area contributed by atoms with Crippen LogP contribution in [0.4, 0.5) is 0 Å². The van der Waals surface area contributed by atoms with Crippen molar-refractivity contribution in [2.45, 2.75) is 12.5 Å². The molecule has 0 spiro atoms. The molecule has 0 aromatic heterocycles. The molecular weight excluding hydrogens is 138 g/mol. The zero-order chi connectivity index (χ0) is 7.68. The maximum absolute atomic E-state index is 5.65.